The van der Waals surface area contributed by atoms with Gasteiger partial charge in [0.15, 0.2) is 11.9 Å². The summed E-state index contributed by atoms with van der Waals surface area (Å²) in [6.45, 7) is 0. The van der Waals surface area contributed by atoms with Crippen LogP contribution in [0, 0.1) is 0 Å². The normalized spacial score (nSPS) is 21.0. The van der Waals surface area contributed by atoms with Crippen molar-refractivity contribution < 1.29 is 14.6 Å². The Labute approximate surface area is 140 Å². The van der Waals surface area contributed by atoms with Crippen LogP contribution in [0.5, 0.6) is 5.75 Å². The van der Waals surface area contributed by atoms with Crippen LogP contribution in [0.15, 0.2) is 34.2 Å². The minimum Gasteiger partial charge on any atom is -0.496 e. The third-order valence-electron chi connectivity index (χ3n) is 3.72. The van der Waals surface area contributed by atoms with E-state index >= 15 is 0 Å². The Morgan fingerprint density at radius 3 is 2.91 bits per heavy atom. The number of pyridine rings is 2. The number of nitrogens with zero attached hydrogens (tertiary/aromatic N) is 3. The lowest BCUT2D eigenvalue weighted by Crippen LogP contribution is -2.35. The van der Waals surface area contributed by atoms with E-state index in [4.69, 9.17) is 4.74 Å². The summed E-state index contributed by atoms with van der Waals surface area (Å²) in [7, 11) is 1.59. The monoisotopic (exact) mass is 347 g/mol. The van der Waals surface area contributed by atoms with Crippen LogP contribution in [0.25, 0.3) is 11.0 Å². The number of methoxy groups -OCH3 is 1. The molecule has 1 unspecified atom stereocenters. The van der Waals surface area contributed by atoms with Crippen molar-refractivity contribution in [2.24, 2.45) is 0 Å². The fourth-order valence-corrected chi connectivity index (χ4v) is 5.05. The zero-order valence-electron chi connectivity index (χ0n) is 12.2. The van der Waals surface area contributed by atoms with E-state index in [0.717, 1.165) is 21.8 Å². The summed E-state index contributed by atoms with van der Waals surface area (Å²) in [4.78, 5) is 24.0. The van der Waals surface area contributed by atoms with Crippen LogP contribution in [-0.4, -0.2) is 45.8 Å². The Balaban J connectivity index is 1.77. The maximum absolute atomic E-state index is 12.6. The number of aromatic nitrogens is 2. The van der Waals surface area contributed by atoms with E-state index in [9.17, 15) is 9.90 Å². The van der Waals surface area contributed by atoms with Gasteiger partial charge in [0.2, 0.25) is 0 Å². The van der Waals surface area contributed by atoms with E-state index in [0.29, 0.717) is 22.1 Å². The second-order valence-corrected chi connectivity index (χ2v) is 7.23. The number of carbonyl (C=O) groups excluding carboxylic acids is 1. The van der Waals surface area contributed by atoms with Crippen LogP contribution >= 0.6 is 23.5 Å². The van der Waals surface area contributed by atoms with E-state index in [1.165, 1.54) is 28.4 Å². The van der Waals surface area contributed by atoms with Crippen molar-refractivity contribution in [3.05, 3.63) is 34.2 Å². The third-order valence-corrected chi connectivity index (χ3v) is 6.33. The number of carbonyl (C=O) groups is 1. The Morgan fingerprint density at radius 2 is 2.13 bits per heavy atom. The first-order chi connectivity index (χ1) is 11.2. The van der Waals surface area contributed by atoms with Gasteiger partial charge >= 0.3 is 0 Å². The lowest BCUT2D eigenvalue weighted by molar-refractivity contribution is -0.115. The molecule has 0 saturated carbocycles. The van der Waals surface area contributed by atoms with E-state index in [2.05, 4.69) is 9.97 Å². The molecule has 8 heteroatoms. The van der Waals surface area contributed by atoms with Crippen LogP contribution in [0.3, 0.4) is 0 Å². The molecule has 0 bridgehead atoms. The standard InChI is InChI=1S/C15H13N3O3S2/c1-21-9-4-5-16-13-8(9)2-3-10(17-13)18-14(19)11-12(15(18)20)23-7-6-22-11/h2-5,14,19H,6-7H2,1H3. The predicted molar refractivity (Wildman–Crippen MR) is 91.5 cm³/mol. The minimum atomic E-state index is -0.967. The van der Waals surface area contributed by atoms with Gasteiger partial charge in [-0.15, -0.1) is 23.5 Å². The number of amides is 1. The van der Waals surface area contributed by atoms with Crippen molar-refractivity contribution >= 4 is 46.3 Å². The van der Waals surface area contributed by atoms with Crippen LogP contribution in [0.4, 0.5) is 5.82 Å². The highest BCUT2D eigenvalue weighted by Crippen LogP contribution is 2.44. The van der Waals surface area contributed by atoms with Gasteiger partial charge < -0.3 is 9.84 Å². The van der Waals surface area contributed by atoms with Crippen LogP contribution < -0.4 is 9.64 Å². The molecule has 0 aromatic carbocycles. The number of anilines is 1. The van der Waals surface area contributed by atoms with Gasteiger partial charge in [0.1, 0.15) is 11.6 Å². The highest BCUT2D eigenvalue weighted by molar-refractivity contribution is 8.10. The molecule has 4 heterocycles. The summed E-state index contributed by atoms with van der Waals surface area (Å²) in [5.41, 5.74) is 0.479. The molecular weight excluding hydrogens is 334 g/mol. The molecule has 6 nitrogen and oxygen atoms in total. The minimum absolute atomic E-state index is 0.195. The smallest absolute Gasteiger partial charge is 0.269 e. The molecule has 118 valence electrons. The highest BCUT2D eigenvalue weighted by Gasteiger charge is 2.41. The summed E-state index contributed by atoms with van der Waals surface area (Å²) in [5.74, 6) is 2.64. The van der Waals surface area contributed by atoms with Crippen molar-refractivity contribution in [2.45, 2.75) is 6.23 Å². The lowest BCUT2D eigenvalue weighted by Gasteiger charge is -2.21. The number of rotatable bonds is 2. The first kappa shape index (κ1) is 14.8. The molecule has 23 heavy (non-hydrogen) atoms. The van der Waals surface area contributed by atoms with Gasteiger partial charge in [-0.2, -0.15) is 0 Å². The SMILES string of the molecule is COc1ccnc2nc(N3C(=O)C4=C(SCCS4)C3O)ccc12. The van der Waals surface area contributed by atoms with Gasteiger partial charge in [-0.05, 0) is 18.2 Å². The van der Waals surface area contributed by atoms with Crippen molar-refractivity contribution in [1.29, 1.82) is 0 Å². The van der Waals surface area contributed by atoms with Gasteiger partial charge in [0, 0.05) is 17.7 Å². The molecule has 1 N–H and O–H groups in total. The molecule has 4 rings (SSSR count). The zero-order valence-corrected chi connectivity index (χ0v) is 13.9. The summed E-state index contributed by atoms with van der Waals surface area (Å²) in [6, 6.07) is 5.27. The van der Waals surface area contributed by atoms with Crippen LogP contribution in [-0.2, 0) is 4.79 Å². The number of ether oxygens (including phenoxy) is 1. The molecule has 0 saturated heterocycles. The second kappa shape index (κ2) is 5.70. The predicted octanol–water partition coefficient (Wildman–Crippen LogP) is 2.00. The molecule has 2 aromatic rings. The van der Waals surface area contributed by atoms with Crippen LogP contribution in [0.2, 0.25) is 0 Å². The molecule has 0 radical (unpaired) electrons. The maximum Gasteiger partial charge on any atom is 0.269 e. The number of thioether (sulfide) groups is 2. The van der Waals surface area contributed by atoms with Gasteiger partial charge in [-0.3, -0.25) is 9.69 Å². The molecule has 0 spiro atoms. The summed E-state index contributed by atoms with van der Waals surface area (Å²) < 4.78 is 5.29. The maximum atomic E-state index is 12.6. The zero-order chi connectivity index (χ0) is 16.0. The van der Waals surface area contributed by atoms with Gasteiger partial charge in [0.05, 0.1) is 22.3 Å². The van der Waals surface area contributed by atoms with E-state index in [1.807, 2.05) is 0 Å². The fraction of sp³-hybridized carbons (Fsp3) is 0.267. The average Bonchev–Trinajstić information content (AvgIpc) is 2.85. The fourth-order valence-electron chi connectivity index (χ4n) is 2.66. The van der Waals surface area contributed by atoms with Crippen molar-refractivity contribution in [2.75, 3.05) is 23.5 Å². The van der Waals surface area contributed by atoms with E-state index in [-0.39, 0.29) is 5.91 Å². The second-order valence-electron chi connectivity index (χ2n) is 4.99. The lowest BCUT2D eigenvalue weighted by atomic mass is 10.2. The molecule has 2 aromatic heterocycles. The Bertz CT molecular complexity index is 840. The number of fused-ring (bicyclic) bond motifs is 1. The Hall–Kier alpha value is -1.77. The molecule has 0 aliphatic carbocycles. The summed E-state index contributed by atoms with van der Waals surface area (Å²) in [5, 5.41) is 11.3. The number of aliphatic hydroxyl groups excluding tert-OH is 1. The third kappa shape index (κ3) is 2.29. The largest absolute Gasteiger partial charge is 0.496 e. The molecule has 2 aliphatic rings. The first-order valence-electron chi connectivity index (χ1n) is 7.02. The summed E-state index contributed by atoms with van der Waals surface area (Å²) in [6.07, 6.45) is 0.640. The van der Waals surface area contributed by atoms with Gasteiger partial charge in [-0.25, -0.2) is 9.97 Å². The topological polar surface area (TPSA) is 75.6 Å². The Kier molecular flexibility index (Phi) is 3.67. The molecule has 0 fully saturated rings. The quantitative estimate of drug-likeness (QED) is 0.890. The first-order valence-corrected chi connectivity index (χ1v) is 8.99. The molecule has 2 aliphatic heterocycles. The van der Waals surface area contributed by atoms with E-state index in [1.54, 1.807) is 31.5 Å². The van der Waals surface area contributed by atoms with Crippen LogP contribution in [0.1, 0.15) is 0 Å². The number of hydrogen-bond donors (Lipinski definition) is 1. The molecular formula is C15H13N3O3S2. The summed E-state index contributed by atoms with van der Waals surface area (Å²) >= 11 is 3.03. The van der Waals surface area contributed by atoms with Crippen molar-refractivity contribution in [1.82, 2.24) is 9.97 Å². The van der Waals surface area contributed by atoms with Crippen molar-refractivity contribution in [3.8, 4) is 5.75 Å². The van der Waals surface area contributed by atoms with Crippen molar-refractivity contribution in [3.63, 3.8) is 0 Å². The Morgan fingerprint density at radius 1 is 1.30 bits per heavy atom. The molecule has 1 amide bonds. The number of hydrogen-bond acceptors (Lipinski definition) is 7. The number of aliphatic hydroxyl groups is 1. The average molecular weight is 347 g/mol. The van der Waals surface area contributed by atoms with Gasteiger partial charge in [0.25, 0.3) is 5.91 Å². The van der Waals surface area contributed by atoms with Gasteiger partial charge in [-0.1, -0.05) is 0 Å². The molecule has 1 atom stereocenters. The van der Waals surface area contributed by atoms with E-state index < -0.39 is 6.23 Å². The highest BCUT2D eigenvalue weighted by atomic mass is 32.2.